The van der Waals surface area contributed by atoms with Gasteiger partial charge in [0, 0.05) is 30.9 Å². The van der Waals surface area contributed by atoms with Gasteiger partial charge in [-0.25, -0.2) is 8.42 Å². The van der Waals surface area contributed by atoms with Crippen LogP contribution < -0.4 is 5.32 Å². The fourth-order valence-electron chi connectivity index (χ4n) is 2.57. The van der Waals surface area contributed by atoms with Crippen molar-refractivity contribution in [3.63, 3.8) is 0 Å². The van der Waals surface area contributed by atoms with Crippen molar-refractivity contribution in [1.82, 2.24) is 24.4 Å². The summed E-state index contributed by atoms with van der Waals surface area (Å²) in [6.07, 6.45) is 3.90. The van der Waals surface area contributed by atoms with Crippen LogP contribution in [0.2, 0.25) is 0 Å². The summed E-state index contributed by atoms with van der Waals surface area (Å²) in [5, 5.41) is 10.3. The largest absolute Gasteiger partial charge is 0.374 e. The van der Waals surface area contributed by atoms with Gasteiger partial charge < -0.3 is 10.1 Å². The highest BCUT2D eigenvalue weighted by molar-refractivity contribution is 7.88. The Bertz CT molecular complexity index is 837. The Kier molecular flexibility index (Phi) is 5.11. The zero-order valence-electron chi connectivity index (χ0n) is 13.7. The summed E-state index contributed by atoms with van der Waals surface area (Å²) in [6, 6.07) is 7.04. The first-order valence-electron chi connectivity index (χ1n) is 7.73. The summed E-state index contributed by atoms with van der Waals surface area (Å²) in [5.74, 6) is -0.255. The number of carbonyl (C=O) groups is 1. The van der Waals surface area contributed by atoms with Crippen molar-refractivity contribution in [1.29, 1.82) is 0 Å². The molecule has 2 aromatic rings. The molecule has 1 amide bonds. The Morgan fingerprint density at radius 2 is 2.12 bits per heavy atom. The van der Waals surface area contributed by atoms with Gasteiger partial charge in [0.05, 0.1) is 19.0 Å². The highest BCUT2D eigenvalue weighted by atomic mass is 32.2. The number of carbonyl (C=O) groups excluding carboxylic acids is 1. The Hall–Kier alpha value is -2.30. The average Bonchev–Trinajstić information content (AvgIpc) is 3.14. The van der Waals surface area contributed by atoms with Crippen LogP contribution in [0.5, 0.6) is 0 Å². The topological polar surface area (TPSA) is 106 Å². The fraction of sp³-hybridized carbons (Fsp3) is 0.400. The van der Waals surface area contributed by atoms with Gasteiger partial charge in [0.1, 0.15) is 12.7 Å². The van der Waals surface area contributed by atoms with Crippen molar-refractivity contribution >= 4 is 15.9 Å². The molecule has 0 spiro atoms. The van der Waals surface area contributed by atoms with Crippen molar-refractivity contribution in [2.75, 3.05) is 32.5 Å². The third-order valence-corrected chi connectivity index (χ3v) is 5.16. The van der Waals surface area contributed by atoms with Crippen LogP contribution >= 0.6 is 0 Å². The fourth-order valence-corrected chi connectivity index (χ4v) is 3.41. The molecule has 1 aliphatic heterocycles. The second kappa shape index (κ2) is 7.30. The monoisotopic (exact) mass is 365 g/mol. The van der Waals surface area contributed by atoms with E-state index in [-0.39, 0.29) is 25.1 Å². The predicted molar refractivity (Wildman–Crippen MR) is 89.8 cm³/mol. The van der Waals surface area contributed by atoms with Crippen LogP contribution in [0.3, 0.4) is 0 Å². The summed E-state index contributed by atoms with van der Waals surface area (Å²) in [7, 11) is -3.25. The van der Waals surface area contributed by atoms with Crippen LogP contribution in [0.15, 0.2) is 36.9 Å². The highest BCUT2D eigenvalue weighted by Gasteiger charge is 2.26. The Morgan fingerprint density at radius 1 is 1.36 bits per heavy atom. The summed E-state index contributed by atoms with van der Waals surface area (Å²) < 4.78 is 31.8. The number of amides is 1. The van der Waals surface area contributed by atoms with Crippen LogP contribution in [0.25, 0.3) is 5.69 Å². The van der Waals surface area contributed by atoms with E-state index in [1.54, 1.807) is 35.4 Å². The number of sulfonamides is 1. The van der Waals surface area contributed by atoms with Crippen molar-refractivity contribution < 1.29 is 17.9 Å². The Labute approximate surface area is 145 Å². The maximum absolute atomic E-state index is 12.3. The van der Waals surface area contributed by atoms with E-state index in [0.29, 0.717) is 18.7 Å². The van der Waals surface area contributed by atoms with Crippen LogP contribution in [0, 0.1) is 0 Å². The molecule has 2 heterocycles. The molecule has 9 nitrogen and oxygen atoms in total. The molecule has 1 aromatic carbocycles. The lowest BCUT2D eigenvalue weighted by molar-refractivity contribution is 0.000438. The summed E-state index contributed by atoms with van der Waals surface area (Å²) in [5.41, 5.74) is 1.26. The van der Waals surface area contributed by atoms with Gasteiger partial charge in [-0.2, -0.15) is 4.31 Å². The number of hydrogen-bond donors (Lipinski definition) is 1. The zero-order chi connectivity index (χ0) is 17.9. The number of aromatic nitrogens is 3. The summed E-state index contributed by atoms with van der Waals surface area (Å²) in [6.45, 7) is 1.13. The molecule has 1 aliphatic rings. The molecule has 1 N–H and O–H groups in total. The van der Waals surface area contributed by atoms with Gasteiger partial charge in [0.2, 0.25) is 10.0 Å². The molecular weight excluding hydrogens is 346 g/mol. The Morgan fingerprint density at radius 3 is 2.84 bits per heavy atom. The quantitative estimate of drug-likeness (QED) is 0.777. The number of benzene rings is 1. The average molecular weight is 365 g/mol. The maximum Gasteiger partial charge on any atom is 0.251 e. The molecule has 3 rings (SSSR count). The van der Waals surface area contributed by atoms with Gasteiger partial charge in [-0.15, -0.1) is 10.2 Å². The van der Waals surface area contributed by atoms with Crippen molar-refractivity contribution in [3.05, 3.63) is 42.5 Å². The van der Waals surface area contributed by atoms with E-state index in [4.69, 9.17) is 4.74 Å². The van der Waals surface area contributed by atoms with E-state index in [1.807, 2.05) is 6.07 Å². The molecule has 1 fully saturated rings. The van der Waals surface area contributed by atoms with E-state index >= 15 is 0 Å². The van der Waals surface area contributed by atoms with Gasteiger partial charge in [0.25, 0.3) is 5.91 Å². The van der Waals surface area contributed by atoms with Crippen molar-refractivity contribution in [2.45, 2.75) is 6.10 Å². The van der Waals surface area contributed by atoms with Crippen molar-refractivity contribution in [2.24, 2.45) is 0 Å². The van der Waals surface area contributed by atoms with Gasteiger partial charge in [-0.1, -0.05) is 6.07 Å². The minimum Gasteiger partial charge on any atom is -0.374 e. The number of hydrogen-bond acceptors (Lipinski definition) is 6. The van der Waals surface area contributed by atoms with Crippen molar-refractivity contribution in [3.8, 4) is 5.69 Å². The second-order valence-corrected chi connectivity index (χ2v) is 7.73. The van der Waals surface area contributed by atoms with E-state index in [0.717, 1.165) is 5.69 Å². The lowest BCUT2D eigenvalue weighted by Crippen LogP contribution is -2.49. The molecular formula is C15H19N5O4S. The highest BCUT2D eigenvalue weighted by Crippen LogP contribution is 2.11. The van der Waals surface area contributed by atoms with E-state index in [1.165, 1.54) is 10.6 Å². The lowest BCUT2D eigenvalue weighted by atomic mass is 10.2. The molecule has 134 valence electrons. The first-order chi connectivity index (χ1) is 11.9. The molecule has 0 unspecified atom stereocenters. The van der Waals surface area contributed by atoms with E-state index in [9.17, 15) is 13.2 Å². The molecule has 25 heavy (non-hydrogen) atoms. The molecule has 0 aliphatic carbocycles. The van der Waals surface area contributed by atoms with Gasteiger partial charge in [-0.05, 0) is 18.2 Å². The Balaban J connectivity index is 1.60. The van der Waals surface area contributed by atoms with Gasteiger partial charge in [-0.3, -0.25) is 9.36 Å². The minimum absolute atomic E-state index is 0.236. The van der Waals surface area contributed by atoms with Crippen LogP contribution in [-0.2, 0) is 14.8 Å². The van der Waals surface area contributed by atoms with E-state index < -0.39 is 10.0 Å². The normalized spacial score (nSPS) is 18.8. The smallest absolute Gasteiger partial charge is 0.251 e. The third-order valence-electron chi connectivity index (χ3n) is 3.89. The predicted octanol–water partition coefficient (Wildman–Crippen LogP) is -0.342. The van der Waals surface area contributed by atoms with Gasteiger partial charge >= 0.3 is 0 Å². The minimum atomic E-state index is -3.25. The zero-order valence-corrected chi connectivity index (χ0v) is 14.5. The van der Waals surface area contributed by atoms with E-state index in [2.05, 4.69) is 15.5 Å². The number of nitrogens with one attached hydrogen (secondary N) is 1. The number of nitrogens with zero attached hydrogens (tertiary/aromatic N) is 4. The number of morpholine rings is 1. The van der Waals surface area contributed by atoms with Crippen LogP contribution in [-0.4, -0.2) is 72.0 Å². The molecule has 10 heteroatoms. The van der Waals surface area contributed by atoms with Crippen LogP contribution in [0.1, 0.15) is 10.4 Å². The third kappa shape index (κ3) is 4.41. The SMILES string of the molecule is CS(=O)(=O)N1CCO[C@H](CNC(=O)c2cccc(-n3cnnc3)c2)C1. The first kappa shape index (κ1) is 17.5. The second-order valence-electron chi connectivity index (χ2n) is 5.74. The molecule has 1 saturated heterocycles. The number of rotatable bonds is 5. The molecule has 0 saturated carbocycles. The summed E-state index contributed by atoms with van der Waals surface area (Å²) >= 11 is 0. The molecule has 1 aromatic heterocycles. The number of ether oxygens (including phenoxy) is 1. The molecule has 1 atom stereocenters. The van der Waals surface area contributed by atoms with Crippen LogP contribution in [0.4, 0.5) is 0 Å². The molecule has 0 radical (unpaired) electrons. The lowest BCUT2D eigenvalue weighted by Gasteiger charge is -2.31. The maximum atomic E-state index is 12.3. The van der Waals surface area contributed by atoms with Gasteiger partial charge in [0.15, 0.2) is 0 Å². The summed E-state index contributed by atoms with van der Waals surface area (Å²) in [4.78, 5) is 12.3. The first-order valence-corrected chi connectivity index (χ1v) is 9.58. The standard InChI is InChI=1S/C15H19N5O4S/c1-25(22,23)20-5-6-24-14(9-20)8-16-15(21)12-3-2-4-13(7-12)19-10-17-18-11-19/h2-4,7,10-11,14H,5-6,8-9H2,1H3,(H,16,21)/t14-/m1/s1. The molecule has 0 bridgehead atoms.